The molecule has 2 heterocycles. The number of hydrogen-bond donors (Lipinski definition) is 0. The summed E-state index contributed by atoms with van der Waals surface area (Å²) in [4.78, 5) is 18.3. The number of rotatable bonds is 4. The van der Waals surface area contributed by atoms with Gasteiger partial charge in [0.25, 0.3) is 5.91 Å². The van der Waals surface area contributed by atoms with Crippen LogP contribution >= 0.6 is 15.9 Å². The molecule has 1 aromatic rings. The molecular formula is C13H17BrN2O3S. The van der Waals surface area contributed by atoms with Crippen LogP contribution in [0.3, 0.4) is 0 Å². The normalized spacial score (nSPS) is 20.8. The van der Waals surface area contributed by atoms with Crippen LogP contribution in [0.2, 0.25) is 0 Å². The van der Waals surface area contributed by atoms with Gasteiger partial charge in [0.2, 0.25) is 0 Å². The largest absolute Gasteiger partial charge is 0.333 e. The maximum absolute atomic E-state index is 12.6. The van der Waals surface area contributed by atoms with Crippen molar-refractivity contribution in [3.63, 3.8) is 0 Å². The Bertz CT molecular complexity index is 603. The molecule has 1 atom stereocenters. The van der Waals surface area contributed by atoms with E-state index in [-0.39, 0.29) is 23.5 Å². The van der Waals surface area contributed by atoms with Gasteiger partial charge in [0.1, 0.15) is 5.69 Å². The molecule has 2 rings (SSSR count). The van der Waals surface area contributed by atoms with Crippen molar-refractivity contribution in [3.8, 4) is 0 Å². The van der Waals surface area contributed by atoms with Crippen LogP contribution in [0.5, 0.6) is 0 Å². The highest BCUT2D eigenvalue weighted by molar-refractivity contribution is 9.10. The average Bonchev–Trinajstić information content (AvgIpc) is 2.76. The van der Waals surface area contributed by atoms with E-state index in [2.05, 4.69) is 20.9 Å². The van der Waals surface area contributed by atoms with Crippen molar-refractivity contribution in [2.75, 3.05) is 18.1 Å². The standard InChI is InChI=1S/C13H17BrN2O3S/c1-2-7-16(10-5-8-20(18,19)9-10)13(17)12-11(14)4-3-6-15-12/h3-4,6,10H,2,5,7-9H2,1H3. The Kier molecular flexibility index (Phi) is 4.80. The highest BCUT2D eigenvalue weighted by Gasteiger charge is 2.35. The summed E-state index contributed by atoms with van der Waals surface area (Å²) in [5.41, 5.74) is 0.338. The van der Waals surface area contributed by atoms with E-state index in [1.165, 1.54) is 0 Å². The van der Waals surface area contributed by atoms with E-state index in [0.29, 0.717) is 23.1 Å². The fraction of sp³-hybridized carbons (Fsp3) is 0.538. The van der Waals surface area contributed by atoms with Gasteiger partial charge in [-0.05, 0) is 40.9 Å². The van der Waals surface area contributed by atoms with Gasteiger partial charge in [-0.1, -0.05) is 6.92 Å². The quantitative estimate of drug-likeness (QED) is 0.821. The third kappa shape index (κ3) is 3.38. The van der Waals surface area contributed by atoms with Crippen LogP contribution in [-0.4, -0.2) is 48.3 Å². The summed E-state index contributed by atoms with van der Waals surface area (Å²) in [6.45, 7) is 2.51. The molecule has 0 N–H and O–H groups in total. The third-order valence-corrected chi connectivity index (χ3v) is 5.73. The molecule has 1 fully saturated rings. The van der Waals surface area contributed by atoms with Gasteiger partial charge in [0.15, 0.2) is 9.84 Å². The zero-order valence-electron chi connectivity index (χ0n) is 11.3. The fourth-order valence-corrected chi connectivity index (χ4v) is 4.55. The van der Waals surface area contributed by atoms with Crippen molar-refractivity contribution in [2.45, 2.75) is 25.8 Å². The zero-order valence-corrected chi connectivity index (χ0v) is 13.7. The molecule has 0 bridgehead atoms. The first-order chi connectivity index (χ1) is 9.44. The molecule has 1 aliphatic heterocycles. The van der Waals surface area contributed by atoms with Gasteiger partial charge in [-0.15, -0.1) is 0 Å². The summed E-state index contributed by atoms with van der Waals surface area (Å²) in [5, 5.41) is 0. The number of nitrogens with zero attached hydrogens (tertiary/aromatic N) is 2. The molecule has 1 unspecified atom stereocenters. The van der Waals surface area contributed by atoms with Crippen LogP contribution in [0.15, 0.2) is 22.8 Å². The predicted molar refractivity (Wildman–Crippen MR) is 80.3 cm³/mol. The summed E-state index contributed by atoms with van der Waals surface area (Å²) in [6, 6.07) is 3.27. The van der Waals surface area contributed by atoms with E-state index in [4.69, 9.17) is 0 Å². The second kappa shape index (κ2) is 6.22. The van der Waals surface area contributed by atoms with E-state index < -0.39 is 9.84 Å². The second-order valence-electron chi connectivity index (χ2n) is 4.89. The number of aromatic nitrogens is 1. The molecule has 110 valence electrons. The molecule has 20 heavy (non-hydrogen) atoms. The minimum Gasteiger partial charge on any atom is -0.333 e. The van der Waals surface area contributed by atoms with Gasteiger partial charge >= 0.3 is 0 Å². The second-order valence-corrected chi connectivity index (χ2v) is 7.97. The molecule has 5 nitrogen and oxygen atoms in total. The minimum atomic E-state index is -3.01. The Morgan fingerprint density at radius 2 is 2.30 bits per heavy atom. The highest BCUT2D eigenvalue weighted by Crippen LogP contribution is 2.22. The van der Waals surface area contributed by atoms with Crippen LogP contribution in [0.1, 0.15) is 30.3 Å². The van der Waals surface area contributed by atoms with Crippen molar-refractivity contribution in [2.24, 2.45) is 0 Å². The molecule has 1 amide bonds. The first-order valence-corrected chi connectivity index (χ1v) is 9.18. The summed E-state index contributed by atoms with van der Waals surface area (Å²) in [7, 11) is -3.01. The molecule has 0 aromatic carbocycles. The minimum absolute atomic E-state index is 0.0587. The van der Waals surface area contributed by atoms with Crippen LogP contribution in [0.25, 0.3) is 0 Å². The molecule has 1 aliphatic rings. The maximum atomic E-state index is 12.6. The molecule has 1 saturated heterocycles. The van der Waals surface area contributed by atoms with Crippen molar-refractivity contribution < 1.29 is 13.2 Å². The Morgan fingerprint density at radius 1 is 1.55 bits per heavy atom. The first kappa shape index (κ1) is 15.4. The number of halogens is 1. The summed E-state index contributed by atoms with van der Waals surface area (Å²) in [6.07, 6.45) is 2.86. The van der Waals surface area contributed by atoms with Gasteiger partial charge < -0.3 is 4.90 Å². The Morgan fingerprint density at radius 3 is 2.85 bits per heavy atom. The number of carbonyl (C=O) groups excluding carboxylic acids is 1. The predicted octanol–water partition coefficient (Wildman–Crippen LogP) is 1.88. The van der Waals surface area contributed by atoms with Crippen LogP contribution in [-0.2, 0) is 9.84 Å². The Hall–Kier alpha value is -0.950. The van der Waals surface area contributed by atoms with Crippen molar-refractivity contribution in [3.05, 3.63) is 28.5 Å². The number of amides is 1. The lowest BCUT2D eigenvalue weighted by atomic mass is 10.2. The molecule has 0 saturated carbocycles. The molecule has 7 heteroatoms. The number of hydrogen-bond acceptors (Lipinski definition) is 4. The first-order valence-electron chi connectivity index (χ1n) is 6.56. The molecule has 0 radical (unpaired) electrons. The molecule has 0 spiro atoms. The van der Waals surface area contributed by atoms with E-state index in [1.807, 2.05) is 6.92 Å². The van der Waals surface area contributed by atoms with Gasteiger partial charge in [0.05, 0.1) is 11.5 Å². The SMILES string of the molecule is CCCN(C(=O)c1ncccc1Br)C1CCS(=O)(=O)C1. The third-order valence-electron chi connectivity index (χ3n) is 3.34. The average molecular weight is 361 g/mol. The number of carbonyl (C=O) groups is 1. The lowest BCUT2D eigenvalue weighted by Gasteiger charge is -2.27. The lowest BCUT2D eigenvalue weighted by Crippen LogP contribution is -2.42. The van der Waals surface area contributed by atoms with Crippen LogP contribution in [0.4, 0.5) is 0 Å². The van der Waals surface area contributed by atoms with Crippen molar-refractivity contribution >= 4 is 31.7 Å². The Balaban J connectivity index is 2.25. The van der Waals surface area contributed by atoms with Crippen molar-refractivity contribution in [1.82, 2.24) is 9.88 Å². The monoisotopic (exact) mass is 360 g/mol. The fourth-order valence-electron chi connectivity index (χ4n) is 2.39. The summed E-state index contributed by atoms with van der Waals surface area (Å²) >= 11 is 3.32. The van der Waals surface area contributed by atoms with Gasteiger partial charge in [-0.25, -0.2) is 13.4 Å². The lowest BCUT2D eigenvalue weighted by molar-refractivity contribution is 0.0690. The van der Waals surface area contributed by atoms with E-state index >= 15 is 0 Å². The molecule has 1 aromatic heterocycles. The van der Waals surface area contributed by atoms with Gasteiger partial charge in [-0.2, -0.15) is 0 Å². The maximum Gasteiger partial charge on any atom is 0.273 e. The van der Waals surface area contributed by atoms with Crippen LogP contribution in [0, 0.1) is 0 Å². The molecule has 0 aliphatic carbocycles. The Labute approximate surface area is 127 Å². The van der Waals surface area contributed by atoms with Crippen molar-refractivity contribution in [1.29, 1.82) is 0 Å². The van der Waals surface area contributed by atoms with E-state index in [1.54, 1.807) is 23.2 Å². The molecular weight excluding hydrogens is 344 g/mol. The number of sulfone groups is 1. The van der Waals surface area contributed by atoms with E-state index in [9.17, 15) is 13.2 Å². The van der Waals surface area contributed by atoms with Crippen LogP contribution < -0.4 is 0 Å². The smallest absolute Gasteiger partial charge is 0.273 e. The summed E-state index contributed by atoms with van der Waals surface area (Å²) in [5.74, 6) is 0.0130. The summed E-state index contributed by atoms with van der Waals surface area (Å²) < 4.78 is 23.9. The van der Waals surface area contributed by atoms with Gasteiger partial charge in [-0.3, -0.25) is 4.79 Å². The number of pyridine rings is 1. The topological polar surface area (TPSA) is 67.3 Å². The highest BCUT2D eigenvalue weighted by atomic mass is 79.9. The van der Waals surface area contributed by atoms with Gasteiger partial charge in [0, 0.05) is 23.3 Å². The zero-order chi connectivity index (χ0) is 14.8. The van der Waals surface area contributed by atoms with E-state index in [0.717, 1.165) is 6.42 Å².